The number of ether oxygens (including phenoxy) is 1. The number of carbonyl (C=O) groups is 1. The molecule has 1 aromatic carbocycles. The second-order valence-electron chi connectivity index (χ2n) is 3.59. The van der Waals surface area contributed by atoms with Crippen molar-refractivity contribution in [3.63, 3.8) is 0 Å². The third kappa shape index (κ3) is 3.31. The van der Waals surface area contributed by atoms with Crippen molar-refractivity contribution in [1.82, 2.24) is 4.98 Å². The Morgan fingerprint density at radius 3 is 2.74 bits per heavy atom. The lowest BCUT2D eigenvalue weighted by atomic mass is 10.1. The van der Waals surface area contributed by atoms with E-state index in [-0.39, 0.29) is 17.9 Å². The van der Waals surface area contributed by atoms with E-state index in [9.17, 15) is 18.0 Å². The third-order valence-electron chi connectivity index (χ3n) is 2.28. The molecule has 1 aromatic heterocycles. The SMILES string of the molecule is O=Cc1ccc(OCc2nccs2)c(C(F)(F)F)c1. The summed E-state index contributed by atoms with van der Waals surface area (Å²) in [5.41, 5.74) is -1.01. The highest BCUT2D eigenvalue weighted by atomic mass is 32.1. The van der Waals surface area contributed by atoms with Crippen molar-refractivity contribution in [3.05, 3.63) is 45.9 Å². The molecule has 0 unspecified atom stereocenters. The van der Waals surface area contributed by atoms with E-state index in [1.807, 2.05) is 0 Å². The van der Waals surface area contributed by atoms with Gasteiger partial charge in [-0.25, -0.2) is 4.98 Å². The minimum Gasteiger partial charge on any atom is -0.486 e. The van der Waals surface area contributed by atoms with Gasteiger partial charge in [0.1, 0.15) is 23.7 Å². The van der Waals surface area contributed by atoms with Crippen molar-refractivity contribution in [3.8, 4) is 5.75 Å². The van der Waals surface area contributed by atoms with Gasteiger partial charge in [-0.2, -0.15) is 13.2 Å². The number of halogens is 3. The molecular formula is C12H8F3NO2S. The van der Waals surface area contributed by atoms with Gasteiger partial charge in [0.25, 0.3) is 0 Å². The Morgan fingerprint density at radius 2 is 2.16 bits per heavy atom. The van der Waals surface area contributed by atoms with E-state index in [1.165, 1.54) is 17.4 Å². The number of benzene rings is 1. The van der Waals surface area contributed by atoms with Crippen molar-refractivity contribution < 1.29 is 22.7 Å². The second-order valence-corrected chi connectivity index (χ2v) is 4.56. The number of carbonyl (C=O) groups excluding carboxylic acids is 1. The Labute approximate surface area is 110 Å². The van der Waals surface area contributed by atoms with Crippen molar-refractivity contribution >= 4 is 17.6 Å². The van der Waals surface area contributed by atoms with Crippen LogP contribution < -0.4 is 4.74 Å². The zero-order chi connectivity index (χ0) is 13.9. The van der Waals surface area contributed by atoms with E-state index in [2.05, 4.69) is 4.98 Å². The van der Waals surface area contributed by atoms with Gasteiger partial charge in [0.15, 0.2) is 0 Å². The molecule has 0 saturated carbocycles. The topological polar surface area (TPSA) is 39.2 Å². The van der Waals surface area contributed by atoms with Crippen LogP contribution in [0.3, 0.4) is 0 Å². The summed E-state index contributed by atoms with van der Waals surface area (Å²) in [4.78, 5) is 14.4. The molecule has 3 nitrogen and oxygen atoms in total. The summed E-state index contributed by atoms with van der Waals surface area (Å²) in [5, 5.41) is 2.28. The average Bonchev–Trinajstić information content (AvgIpc) is 2.88. The first-order valence-corrected chi connectivity index (χ1v) is 6.06. The highest BCUT2D eigenvalue weighted by molar-refractivity contribution is 7.09. The van der Waals surface area contributed by atoms with Gasteiger partial charge in [-0.3, -0.25) is 4.79 Å². The minimum absolute atomic E-state index is 0.0405. The summed E-state index contributed by atoms with van der Waals surface area (Å²) in [6.45, 7) is -0.0405. The van der Waals surface area contributed by atoms with Gasteiger partial charge in [-0.05, 0) is 18.2 Å². The van der Waals surface area contributed by atoms with Gasteiger partial charge in [0.2, 0.25) is 0 Å². The number of aromatic nitrogens is 1. The van der Waals surface area contributed by atoms with E-state index in [0.717, 1.165) is 12.1 Å². The second kappa shape index (κ2) is 5.40. The summed E-state index contributed by atoms with van der Waals surface area (Å²) in [7, 11) is 0. The highest BCUT2D eigenvalue weighted by Gasteiger charge is 2.34. The van der Waals surface area contributed by atoms with Crippen LogP contribution in [0, 0.1) is 0 Å². The third-order valence-corrected chi connectivity index (χ3v) is 3.03. The van der Waals surface area contributed by atoms with Crippen molar-refractivity contribution in [1.29, 1.82) is 0 Å². The lowest BCUT2D eigenvalue weighted by Gasteiger charge is -2.13. The van der Waals surface area contributed by atoms with Gasteiger partial charge < -0.3 is 4.74 Å². The van der Waals surface area contributed by atoms with Crippen LogP contribution in [0.4, 0.5) is 13.2 Å². The zero-order valence-corrected chi connectivity index (χ0v) is 10.3. The van der Waals surface area contributed by atoms with Gasteiger partial charge in [0.05, 0.1) is 5.56 Å². The lowest BCUT2D eigenvalue weighted by Crippen LogP contribution is -2.09. The number of hydrogen-bond donors (Lipinski definition) is 0. The maximum Gasteiger partial charge on any atom is 0.419 e. The van der Waals surface area contributed by atoms with E-state index in [4.69, 9.17) is 4.74 Å². The predicted molar refractivity (Wildman–Crippen MR) is 63.3 cm³/mol. The maximum atomic E-state index is 12.8. The Kier molecular flexibility index (Phi) is 3.84. The van der Waals surface area contributed by atoms with Crippen LogP contribution in [-0.2, 0) is 12.8 Å². The molecule has 2 rings (SSSR count). The number of alkyl halides is 3. The number of nitrogens with zero attached hydrogens (tertiary/aromatic N) is 1. The standard InChI is InChI=1S/C12H8F3NO2S/c13-12(14,15)9-5-8(6-17)1-2-10(9)18-7-11-16-3-4-19-11/h1-6H,7H2. The molecule has 0 N–H and O–H groups in total. The quantitative estimate of drug-likeness (QED) is 0.807. The Balaban J connectivity index is 2.26. The molecule has 2 aromatic rings. The van der Waals surface area contributed by atoms with Crippen LogP contribution >= 0.6 is 11.3 Å². The fourth-order valence-corrected chi connectivity index (χ4v) is 1.96. The van der Waals surface area contributed by atoms with Crippen LogP contribution in [0.5, 0.6) is 5.75 Å². The number of rotatable bonds is 4. The molecule has 0 bridgehead atoms. The minimum atomic E-state index is -4.57. The smallest absolute Gasteiger partial charge is 0.419 e. The van der Waals surface area contributed by atoms with Gasteiger partial charge in [0, 0.05) is 17.1 Å². The molecule has 0 atom stereocenters. The lowest BCUT2D eigenvalue weighted by molar-refractivity contribution is -0.139. The molecule has 100 valence electrons. The van der Waals surface area contributed by atoms with Crippen molar-refractivity contribution in [2.75, 3.05) is 0 Å². The van der Waals surface area contributed by atoms with Crippen LogP contribution in [0.15, 0.2) is 29.8 Å². The first-order valence-electron chi connectivity index (χ1n) is 5.18. The van der Waals surface area contributed by atoms with Gasteiger partial charge in [-0.15, -0.1) is 11.3 Å². The monoisotopic (exact) mass is 287 g/mol. The van der Waals surface area contributed by atoms with E-state index >= 15 is 0 Å². The van der Waals surface area contributed by atoms with Crippen LogP contribution in [0.1, 0.15) is 20.9 Å². The summed E-state index contributed by atoms with van der Waals surface area (Å²) >= 11 is 1.29. The summed E-state index contributed by atoms with van der Waals surface area (Å²) in [6, 6.07) is 3.18. The fraction of sp³-hybridized carbons (Fsp3) is 0.167. The molecule has 0 saturated heterocycles. The van der Waals surface area contributed by atoms with Crippen molar-refractivity contribution in [2.24, 2.45) is 0 Å². The van der Waals surface area contributed by atoms with E-state index in [1.54, 1.807) is 11.6 Å². The number of thiazole rings is 1. The molecule has 0 amide bonds. The summed E-state index contributed by atoms with van der Waals surface area (Å²) in [6.07, 6.45) is -2.67. The zero-order valence-electron chi connectivity index (χ0n) is 9.48. The maximum absolute atomic E-state index is 12.8. The highest BCUT2D eigenvalue weighted by Crippen LogP contribution is 2.37. The molecule has 1 heterocycles. The largest absolute Gasteiger partial charge is 0.486 e. The first kappa shape index (κ1) is 13.5. The van der Waals surface area contributed by atoms with Crippen LogP contribution in [0.2, 0.25) is 0 Å². The number of hydrogen-bond acceptors (Lipinski definition) is 4. The molecule has 19 heavy (non-hydrogen) atoms. The molecule has 0 aliphatic rings. The van der Waals surface area contributed by atoms with Gasteiger partial charge in [-0.1, -0.05) is 0 Å². The summed E-state index contributed by atoms with van der Waals surface area (Å²) < 4.78 is 43.6. The molecule has 0 spiro atoms. The molecule has 0 radical (unpaired) electrons. The average molecular weight is 287 g/mol. The Hall–Kier alpha value is -1.89. The Morgan fingerprint density at radius 1 is 1.37 bits per heavy atom. The van der Waals surface area contributed by atoms with Crippen molar-refractivity contribution in [2.45, 2.75) is 12.8 Å². The molecule has 0 aliphatic carbocycles. The van der Waals surface area contributed by atoms with E-state index in [0.29, 0.717) is 11.3 Å². The fourth-order valence-electron chi connectivity index (χ4n) is 1.43. The van der Waals surface area contributed by atoms with Gasteiger partial charge >= 0.3 is 6.18 Å². The van der Waals surface area contributed by atoms with Crippen LogP contribution in [0.25, 0.3) is 0 Å². The molecule has 0 aliphatic heterocycles. The Bertz CT molecular complexity index is 567. The molecule has 7 heteroatoms. The van der Waals surface area contributed by atoms with Crippen LogP contribution in [-0.4, -0.2) is 11.3 Å². The predicted octanol–water partition coefficient (Wildman–Crippen LogP) is 3.55. The summed E-state index contributed by atoms with van der Waals surface area (Å²) in [5.74, 6) is -0.312. The van der Waals surface area contributed by atoms with E-state index < -0.39 is 11.7 Å². The normalized spacial score (nSPS) is 11.3. The number of aldehydes is 1. The first-order chi connectivity index (χ1) is 9.00. The molecule has 0 fully saturated rings. The molecular weight excluding hydrogens is 279 g/mol.